The molecule has 8 atom stereocenters. The molecule has 3 aliphatic carbocycles. The van der Waals surface area contributed by atoms with Crippen LogP contribution in [0.2, 0.25) is 0 Å². The summed E-state index contributed by atoms with van der Waals surface area (Å²) in [6, 6.07) is 0. The van der Waals surface area contributed by atoms with Gasteiger partial charge in [-0.25, -0.2) is 4.79 Å². The van der Waals surface area contributed by atoms with Crippen LogP contribution >= 0.6 is 0 Å². The Hall–Kier alpha value is -1.89. The van der Waals surface area contributed by atoms with E-state index in [9.17, 15) is 14.4 Å². The van der Waals surface area contributed by atoms with E-state index >= 15 is 0 Å². The molecule has 4 fully saturated rings. The quantitative estimate of drug-likeness (QED) is 0.376. The lowest BCUT2D eigenvalue weighted by Crippen LogP contribution is -2.66. The van der Waals surface area contributed by atoms with E-state index in [-0.39, 0.29) is 64.5 Å². The molecular formula is C24H32O7. The van der Waals surface area contributed by atoms with Crippen LogP contribution in [-0.4, -0.2) is 47.9 Å². The topological polar surface area (TPSA) is 91.4 Å². The molecule has 0 unspecified atom stereocenters. The Bertz CT molecular complexity index is 904. The lowest BCUT2D eigenvalue weighted by atomic mass is 9.42. The highest BCUT2D eigenvalue weighted by Crippen LogP contribution is 2.72. The molecule has 5 aliphatic rings. The van der Waals surface area contributed by atoms with Gasteiger partial charge in [0.2, 0.25) is 0 Å². The Morgan fingerprint density at radius 2 is 1.65 bits per heavy atom. The number of carbonyl (C=O) groups is 3. The fraction of sp³-hybridized carbons (Fsp3) is 0.792. The summed E-state index contributed by atoms with van der Waals surface area (Å²) in [5.41, 5.74) is 0.706. The van der Waals surface area contributed by atoms with Crippen LogP contribution in [0.4, 0.5) is 0 Å². The van der Waals surface area contributed by atoms with Crippen LogP contribution in [0.3, 0.4) is 0 Å². The minimum Gasteiger partial charge on any atom is -0.462 e. The van der Waals surface area contributed by atoms with Gasteiger partial charge in [0, 0.05) is 48.2 Å². The first kappa shape index (κ1) is 21.0. The van der Waals surface area contributed by atoms with Crippen LogP contribution in [-0.2, 0) is 33.3 Å². The summed E-state index contributed by atoms with van der Waals surface area (Å²) in [7, 11) is 0. The molecule has 0 aromatic heterocycles. The third-order valence-electron chi connectivity index (χ3n) is 9.17. The molecule has 5 rings (SSSR count). The summed E-state index contributed by atoms with van der Waals surface area (Å²) >= 11 is 0. The summed E-state index contributed by atoms with van der Waals surface area (Å²) in [6.07, 6.45) is 1.82. The minimum atomic E-state index is -0.400. The lowest BCUT2D eigenvalue weighted by Gasteiger charge is -2.63. The second kappa shape index (κ2) is 6.33. The Labute approximate surface area is 182 Å². The second-order valence-electron chi connectivity index (χ2n) is 10.9. The predicted molar refractivity (Wildman–Crippen MR) is 109 cm³/mol. The molecular weight excluding hydrogens is 400 g/mol. The van der Waals surface area contributed by atoms with Gasteiger partial charge in [-0.15, -0.1) is 0 Å². The summed E-state index contributed by atoms with van der Waals surface area (Å²) < 4.78 is 23.8. The monoisotopic (exact) mass is 432 g/mol. The van der Waals surface area contributed by atoms with Crippen molar-refractivity contribution < 1.29 is 33.3 Å². The van der Waals surface area contributed by atoms with Crippen LogP contribution < -0.4 is 0 Å². The normalized spacial score (nSPS) is 46.7. The fourth-order valence-corrected chi connectivity index (χ4v) is 7.81. The molecule has 170 valence electrons. The molecule has 1 spiro atoms. The van der Waals surface area contributed by atoms with Gasteiger partial charge >= 0.3 is 17.9 Å². The van der Waals surface area contributed by atoms with Crippen molar-refractivity contribution in [3.63, 3.8) is 0 Å². The maximum absolute atomic E-state index is 12.3. The summed E-state index contributed by atoms with van der Waals surface area (Å²) in [5.74, 6) is -0.660. The molecule has 2 aliphatic heterocycles. The van der Waals surface area contributed by atoms with Gasteiger partial charge in [-0.1, -0.05) is 20.8 Å². The smallest absolute Gasteiger partial charge is 0.334 e. The SMILES string of the molecule is CC(=O)O[C@H]1C[C@H](OC(C)=O)[C@]2(C)[C@H](CC[C@@]34O[C@@H]3C3=C(C)C(=O)O[C@@H]3C[C@H]42)C1(C)C. The van der Waals surface area contributed by atoms with Gasteiger partial charge in [0.1, 0.15) is 30.0 Å². The molecule has 0 N–H and O–H groups in total. The van der Waals surface area contributed by atoms with Crippen LogP contribution in [0.25, 0.3) is 0 Å². The largest absolute Gasteiger partial charge is 0.462 e. The van der Waals surface area contributed by atoms with E-state index in [4.69, 9.17) is 18.9 Å². The van der Waals surface area contributed by atoms with Crippen molar-refractivity contribution >= 4 is 17.9 Å². The number of hydrogen-bond acceptors (Lipinski definition) is 7. The average molecular weight is 433 g/mol. The van der Waals surface area contributed by atoms with Gasteiger partial charge < -0.3 is 18.9 Å². The summed E-state index contributed by atoms with van der Waals surface area (Å²) in [5, 5.41) is 0. The minimum absolute atomic E-state index is 0.0816. The fourth-order valence-electron chi connectivity index (χ4n) is 7.81. The molecule has 0 radical (unpaired) electrons. The molecule has 7 nitrogen and oxygen atoms in total. The first-order chi connectivity index (χ1) is 14.4. The maximum Gasteiger partial charge on any atom is 0.334 e. The Kier molecular flexibility index (Phi) is 4.29. The van der Waals surface area contributed by atoms with E-state index in [1.54, 1.807) is 0 Å². The van der Waals surface area contributed by atoms with E-state index in [1.807, 2.05) is 6.92 Å². The van der Waals surface area contributed by atoms with Crippen molar-refractivity contribution in [3.05, 3.63) is 11.1 Å². The van der Waals surface area contributed by atoms with E-state index in [2.05, 4.69) is 20.8 Å². The molecule has 1 saturated heterocycles. The van der Waals surface area contributed by atoms with E-state index in [0.717, 1.165) is 18.4 Å². The lowest BCUT2D eigenvalue weighted by molar-refractivity contribution is -0.232. The molecule has 2 heterocycles. The zero-order chi connectivity index (χ0) is 22.5. The number of epoxide rings is 1. The van der Waals surface area contributed by atoms with Gasteiger partial charge in [-0.2, -0.15) is 0 Å². The molecule has 3 saturated carbocycles. The Morgan fingerprint density at radius 1 is 1.00 bits per heavy atom. The van der Waals surface area contributed by atoms with Crippen LogP contribution in [0.5, 0.6) is 0 Å². The second-order valence-corrected chi connectivity index (χ2v) is 10.9. The molecule has 0 amide bonds. The van der Waals surface area contributed by atoms with Gasteiger partial charge in [0.05, 0.1) is 0 Å². The van der Waals surface area contributed by atoms with Crippen molar-refractivity contribution in [2.45, 2.75) is 97.2 Å². The highest BCUT2D eigenvalue weighted by molar-refractivity contribution is 5.92. The first-order valence-electron chi connectivity index (χ1n) is 11.4. The average Bonchev–Trinajstić information content (AvgIpc) is 3.30. The third-order valence-corrected chi connectivity index (χ3v) is 9.17. The zero-order valence-electron chi connectivity index (χ0n) is 19.2. The third kappa shape index (κ3) is 2.65. The van der Waals surface area contributed by atoms with Gasteiger partial charge in [-0.05, 0) is 32.1 Å². The van der Waals surface area contributed by atoms with Crippen LogP contribution in [0.1, 0.15) is 67.2 Å². The highest BCUT2D eigenvalue weighted by Gasteiger charge is 2.77. The van der Waals surface area contributed by atoms with E-state index < -0.39 is 6.10 Å². The van der Waals surface area contributed by atoms with Gasteiger partial charge in [0.25, 0.3) is 0 Å². The maximum atomic E-state index is 12.3. The Balaban J connectivity index is 1.57. The number of hydrogen-bond donors (Lipinski definition) is 0. The Morgan fingerprint density at radius 3 is 2.29 bits per heavy atom. The van der Waals surface area contributed by atoms with Crippen molar-refractivity contribution in [2.24, 2.45) is 22.7 Å². The summed E-state index contributed by atoms with van der Waals surface area (Å²) in [4.78, 5) is 36.2. The molecule has 0 aromatic carbocycles. The predicted octanol–water partition coefficient (Wildman–Crippen LogP) is 3.10. The van der Waals surface area contributed by atoms with Crippen molar-refractivity contribution in [2.75, 3.05) is 0 Å². The molecule has 7 heteroatoms. The number of ether oxygens (including phenoxy) is 4. The van der Waals surface area contributed by atoms with Crippen molar-refractivity contribution in [1.82, 2.24) is 0 Å². The number of carbonyl (C=O) groups excluding carboxylic acids is 3. The number of esters is 3. The standard InChI is InChI=1S/C24H32O7/c1-11-19-14(30-21(11)27)9-16-23(6)15(7-8-24(16)20(19)31-24)22(4,5)17(28-12(2)25)10-18(23)29-13(3)26/h14-18,20H,7-10H2,1-6H3/t14-,15-,16+,17+,18+,20-,23-,24+/m1/s1. The van der Waals surface area contributed by atoms with Crippen LogP contribution in [0, 0.1) is 22.7 Å². The number of rotatable bonds is 2. The summed E-state index contributed by atoms with van der Waals surface area (Å²) in [6.45, 7) is 11.2. The van der Waals surface area contributed by atoms with Gasteiger partial charge in [-0.3, -0.25) is 9.59 Å². The van der Waals surface area contributed by atoms with E-state index in [0.29, 0.717) is 18.4 Å². The van der Waals surface area contributed by atoms with Gasteiger partial charge in [0.15, 0.2) is 0 Å². The molecule has 0 bridgehead atoms. The highest BCUT2D eigenvalue weighted by atomic mass is 16.6. The molecule has 0 aromatic rings. The number of fused-ring (bicyclic) bond motifs is 4. The van der Waals surface area contributed by atoms with Crippen molar-refractivity contribution in [3.8, 4) is 0 Å². The van der Waals surface area contributed by atoms with Crippen LogP contribution in [0.15, 0.2) is 11.1 Å². The zero-order valence-corrected chi connectivity index (χ0v) is 19.2. The first-order valence-corrected chi connectivity index (χ1v) is 11.4. The van der Waals surface area contributed by atoms with E-state index in [1.165, 1.54) is 13.8 Å². The van der Waals surface area contributed by atoms with Crippen molar-refractivity contribution in [1.29, 1.82) is 0 Å². The molecule has 31 heavy (non-hydrogen) atoms.